The van der Waals surface area contributed by atoms with E-state index in [4.69, 9.17) is 0 Å². The molecule has 23 heavy (non-hydrogen) atoms. The highest BCUT2D eigenvalue weighted by Crippen LogP contribution is 2.50. The molecule has 1 aliphatic heterocycles. The van der Waals surface area contributed by atoms with Crippen LogP contribution in [-0.2, 0) is 0 Å². The highest BCUT2D eigenvalue weighted by atomic mass is 19.1. The van der Waals surface area contributed by atoms with Gasteiger partial charge in [0.2, 0.25) is 0 Å². The maximum atomic E-state index is 14.2. The molecule has 0 saturated carbocycles. The van der Waals surface area contributed by atoms with Gasteiger partial charge in [0.25, 0.3) is 0 Å². The molecule has 3 nitrogen and oxygen atoms in total. The standard InChI is InChI=1S/C19H16FNO2/c20-16-6-2-5-15-13-3-1-4-14(13)17(21-18(15)16)11-7-9-12(10-8-11)19(22)23/h1-3,5-10,13-14,17,21H,4H2,(H,22,23)/p-1/t13-,14-,17+/m0/s1. The van der Waals surface area contributed by atoms with Crippen molar-refractivity contribution in [1.82, 2.24) is 0 Å². The third kappa shape index (κ3) is 2.22. The SMILES string of the molecule is O=C([O-])c1ccc([C@H]2Nc3c(F)cccc3[C@H]3C=CC[C@@H]32)cc1. The van der Waals surface area contributed by atoms with E-state index in [1.165, 1.54) is 6.07 Å². The van der Waals surface area contributed by atoms with Crippen LogP contribution in [0, 0.1) is 11.7 Å². The average Bonchev–Trinajstić information content (AvgIpc) is 3.04. The number of hydrogen-bond donors (Lipinski definition) is 1. The van der Waals surface area contributed by atoms with E-state index in [2.05, 4.69) is 17.5 Å². The van der Waals surface area contributed by atoms with Crippen molar-refractivity contribution in [3.63, 3.8) is 0 Å². The van der Waals surface area contributed by atoms with Crippen LogP contribution in [0.1, 0.15) is 39.9 Å². The Morgan fingerprint density at radius 3 is 2.70 bits per heavy atom. The minimum absolute atomic E-state index is 0.0461. The summed E-state index contributed by atoms with van der Waals surface area (Å²) >= 11 is 0. The van der Waals surface area contributed by atoms with Crippen molar-refractivity contribution in [3.05, 3.63) is 77.1 Å². The molecule has 0 unspecified atom stereocenters. The van der Waals surface area contributed by atoms with Crippen LogP contribution < -0.4 is 10.4 Å². The number of carbonyl (C=O) groups excluding carboxylic acids is 1. The number of anilines is 1. The van der Waals surface area contributed by atoms with Crippen LogP contribution in [0.3, 0.4) is 0 Å². The number of fused-ring (bicyclic) bond motifs is 3. The first kappa shape index (κ1) is 14.0. The smallest absolute Gasteiger partial charge is 0.146 e. The molecule has 116 valence electrons. The molecule has 2 aliphatic rings. The maximum Gasteiger partial charge on any atom is 0.146 e. The van der Waals surface area contributed by atoms with Crippen LogP contribution in [0.25, 0.3) is 0 Å². The van der Waals surface area contributed by atoms with Crippen molar-refractivity contribution in [2.45, 2.75) is 18.4 Å². The Hall–Kier alpha value is -2.62. The van der Waals surface area contributed by atoms with Crippen molar-refractivity contribution < 1.29 is 14.3 Å². The number of allylic oxidation sites excluding steroid dienone is 2. The second-order valence-electron chi connectivity index (χ2n) is 6.09. The monoisotopic (exact) mass is 308 g/mol. The first-order valence-electron chi connectivity index (χ1n) is 7.68. The minimum atomic E-state index is -1.19. The van der Waals surface area contributed by atoms with Crippen molar-refractivity contribution in [2.24, 2.45) is 5.92 Å². The molecule has 4 rings (SSSR count). The van der Waals surface area contributed by atoms with E-state index in [1.807, 2.05) is 6.07 Å². The quantitative estimate of drug-likeness (QED) is 0.868. The second kappa shape index (κ2) is 5.23. The predicted octanol–water partition coefficient (Wildman–Crippen LogP) is 3.02. The molecule has 0 amide bonds. The number of carboxylic acid groups (broad SMARTS) is 1. The highest BCUT2D eigenvalue weighted by molar-refractivity contribution is 5.85. The predicted molar refractivity (Wildman–Crippen MR) is 83.5 cm³/mol. The summed E-state index contributed by atoms with van der Waals surface area (Å²) in [5, 5.41) is 14.2. The molecule has 0 fully saturated rings. The Balaban J connectivity index is 1.75. The number of nitrogens with one attached hydrogen (secondary N) is 1. The van der Waals surface area contributed by atoms with Crippen LogP contribution in [-0.4, -0.2) is 5.97 Å². The van der Waals surface area contributed by atoms with E-state index >= 15 is 0 Å². The first-order valence-corrected chi connectivity index (χ1v) is 7.68. The molecule has 2 aromatic carbocycles. The Morgan fingerprint density at radius 2 is 1.96 bits per heavy atom. The molecule has 0 saturated heterocycles. The average molecular weight is 308 g/mol. The lowest BCUT2D eigenvalue weighted by atomic mass is 9.77. The van der Waals surface area contributed by atoms with Gasteiger partial charge >= 0.3 is 0 Å². The van der Waals surface area contributed by atoms with Gasteiger partial charge in [0, 0.05) is 5.92 Å². The first-order chi connectivity index (χ1) is 11.1. The van der Waals surface area contributed by atoms with Crippen LogP contribution in [0.4, 0.5) is 10.1 Å². The van der Waals surface area contributed by atoms with Gasteiger partial charge in [0.1, 0.15) is 5.82 Å². The summed E-state index contributed by atoms with van der Waals surface area (Å²) in [7, 11) is 0. The molecule has 4 heteroatoms. The fourth-order valence-corrected chi connectivity index (χ4v) is 3.74. The van der Waals surface area contributed by atoms with Crippen LogP contribution >= 0.6 is 0 Å². The fourth-order valence-electron chi connectivity index (χ4n) is 3.74. The van der Waals surface area contributed by atoms with E-state index in [9.17, 15) is 14.3 Å². The molecule has 1 aliphatic carbocycles. The molecule has 0 spiro atoms. The van der Waals surface area contributed by atoms with Gasteiger partial charge in [0.05, 0.1) is 17.7 Å². The van der Waals surface area contributed by atoms with E-state index in [1.54, 1.807) is 30.3 Å². The summed E-state index contributed by atoms with van der Waals surface area (Å²) in [5.74, 6) is -0.951. The molecule has 0 aromatic heterocycles. The summed E-state index contributed by atoms with van der Waals surface area (Å²) < 4.78 is 14.2. The number of carboxylic acids is 1. The molecule has 1 heterocycles. The van der Waals surface area contributed by atoms with Crippen molar-refractivity contribution in [3.8, 4) is 0 Å². The Morgan fingerprint density at radius 1 is 1.17 bits per heavy atom. The molecule has 1 N–H and O–H groups in total. The molecule has 0 radical (unpaired) electrons. The topological polar surface area (TPSA) is 52.2 Å². The van der Waals surface area contributed by atoms with Crippen molar-refractivity contribution in [2.75, 3.05) is 5.32 Å². The lowest BCUT2D eigenvalue weighted by molar-refractivity contribution is -0.255. The Bertz CT molecular complexity index is 798. The summed E-state index contributed by atoms with van der Waals surface area (Å²) in [6.07, 6.45) is 5.20. The van der Waals surface area contributed by atoms with E-state index in [-0.39, 0.29) is 23.3 Å². The van der Waals surface area contributed by atoms with Gasteiger partial charge in [-0.2, -0.15) is 0 Å². The lowest BCUT2D eigenvalue weighted by Crippen LogP contribution is -2.30. The lowest BCUT2D eigenvalue weighted by Gasteiger charge is -2.37. The van der Waals surface area contributed by atoms with Crippen LogP contribution in [0.15, 0.2) is 54.6 Å². The Kier molecular flexibility index (Phi) is 3.18. The van der Waals surface area contributed by atoms with Crippen molar-refractivity contribution >= 4 is 11.7 Å². The Labute approximate surface area is 133 Å². The number of para-hydroxylation sites is 1. The van der Waals surface area contributed by atoms with Gasteiger partial charge in [-0.1, -0.05) is 48.6 Å². The largest absolute Gasteiger partial charge is 0.545 e. The van der Waals surface area contributed by atoms with E-state index < -0.39 is 5.97 Å². The molecule has 2 aromatic rings. The fraction of sp³-hybridized carbons (Fsp3) is 0.211. The normalized spacial score (nSPS) is 24.7. The van der Waals surface area contributed by atoms with E-state index in [0.29, 0.717) is 11.6 Å². The van der Waals surface area contributed by atoms with Gasteiger partial charge in [0.15, 0.2) is 0 Å². The zero-order valence-electron chi connectivity index (χ0n) is 12.3. The van der Waals surface area contributed by atoms with Gasteiger partial charge < -0.3 is 15.2 Å². The van der Waals surface area contributed by atoms with Gasteiger partial charge in [-0.15, -0.1) is 0 Å². The number of halogens is 1. The number of rotatable bonds is 2. The minimum Gasteiger partial charge on any atom is -0.545 e. The zero-order chi connectivity index (χ0) is 16.0. The molecular formula is C19H15FNO2-. The molecule has 0 bridgehead atoms. The number of benzene rings is 2. The molecular weight excluding hydrogens is 293 g/mol. The molecule has 3 atom stereocenters. The zero-order valence-corrected chi connectivity index (χ0v) is 12.3. The van der Waals surface area contributed by atoms with Crippen LogP contribution in [0.2, 0.25) is 0 Å². The highest BCUT2D eigenvalue weighted by Gasteiger charge is 2.38. The van der Waals surface area contributed by atoms with Gasteiger partial charge in [-0.3, -0.25) is 0 Å². The van der Waals surface area contributed by atoms with Gasteiger partial charge in [-0.25, -0.2) is 4.39 Å². The number of hydrogen-bond acceptors (Lipinski definition) is 3. The summed E-state index contributed by atoms with van der Waals surface area (Å²) in [4.78, 5) is 10.9. The second-order valence-corrected chi connectivity index (χ2v) is 6.09. The summed E-state index contributed by atoms with van der Waals surface area (Å²) in [5.41, 5.74) is 2.65. The van der Waals surface area contributed by atoms with Crippen LogP contribution in [0.5, 0.6) is 0 Å². The third-order valence-corrected chi connectivity index (χ3v) is 4.85. The number of aromatic carboxylic acids is 1. The maximum absolute atomic E-state index is 14.2. The summed E-state index contributed by atoms with van der Waals surface area (Å²) in [6.45, 7) is 0. The third-order valence-electron chi connectivity index (χ3n) is 4.85. The van der Waals surface area contributed by atoms with Gasteiger partial charge in [-0.05, 0) is 35.1 Å². The number of carbonyl (C=O) groups is 1. The van der Waals surface area contributed by atoms with Crippen molar-refractivity contribution in [1.29, 1.82) is 0 Å². The summed E-state index contributed by atoms with van der Waals surface area (Å²) in [6, 6.07) is 11.8. The van der Waals surface area contributed by atoms with E-state index in [0.717, 1.165) is 17.5 Å².